The van der Waals surface area contributed by atoms with Crippen molar-refractivity contribution in [3.05, 3.63) is 30.3 Å². The summed E-state index contributed by atoms with van der Waals surface area (Å²) in [5, 5.41) is 8.98. The molecule has 0 saturated carbocycles. The summed E-state index contributed by atoms with van der Waals surface area (Å²) in [5.41, 5.74) is 0. The van der Waals surface area contributed by atoms with E-state index in [-0.39, 0.29) is 0 Å². The fourth-order valence-electron chi connectivity index (χ4n) is 1.38. The summed E-state index contributed by atoms with van der Waals surface area (Å²) in [4.78, 5) is 10.9. The molecule has 1 aromatic carbocycles. The molecule has 5 nitrogen and oxygen atoms in total. The number of ether oxygens (including phenoxy) is 1. The Hall–Kier alpha value is -1.59. The zero-order chi connectivity index (χ0) is 13.1. The Kier molecular flexibility index (Phi) is 7.59. The first-order valence-corrected chi connectivity index (χ1v) is 6.25. The third-order valence-corrected chi connectivity index (χ3v) is 2.23. The molecular weight excluding hydrogens is 230 g/mol. The fraction of sp³-hybridized carbons (Fsp3) is 0.462. The lowest BCUT2D eigenvalue weighted by Crippen LogP contribution is -2.39. The summed E-state index contributed by atoms with van der Waals surface area (Å²) in [6.45, 7) is 6.97. The standard InChI is InChI=1S/C9H11NO2.C4H10N2/c1-2-10-9(11)12-8-6-4-3-5-7-8;1-2-6-4-3-5-1/h3-7H,2H2,1H3,(H,10,11);5-6H,1-4H2. The lowest BCUT2D eigenvalue weighted by molar-refractivity contribution is 0.201. The van der Waals surface area contributed by atoms with E-state index in [9.17, 15) is 4.79 Å². The van der Waals surface area contributed by atoms with Crippen LogP contribution in [0.1, 0.15) is 6.92 Å². The van der Waals surface area contributed by atoms with Gasteiger partial charge in [0.2, 0.25) is 0 Å². The molecule has 0 atom stereocenters. The second kappa shape index (κ2) is 9.44. The third kappa shape index (κ3) is 6.88. The number of piperazine rings is 1. The Labute approximate surface area is 108 Å². The number of amides is 1. The van der Waals surface area contributed by atoms with Gasteiger partial charge in [-0.1, -0.05) is 18.2 Å². The largest absolute Gasteiger partial charge is 0.412 e. The summed E-state index contributed by atoms with van der Waals surface area (Å²) in [6, 6.07) is 8.96. The molecule has 0 radical (unpaired) electrons. The summed E-state index contributed by atoms with van der Waals surface area (Å²) >= 11 is 0. The molecule has 0 aliphatic carbocycles. The minimum absolute atomic E-state index is 0.413. The number of rotatable bonds is 2. The first-order valence-electron chi connectivity index (χ1n) is 6.25. The molecule has 1 aliphatic heterocycles. The average Bonchev–Trinajstić information content (AvgIpc) is 2.43. The quantitative estimate of drug-likeness (QED) is 0.733. The zero-order valence-electron chi connectivity index (χ0n) is 10.7. The highest BCUT2D eigenvalue weighted by atomic mass is 16.5. The van der Waals surface area contributed by atoms with Crippen molar-refractivity contribution in [1.82, 2.24) is 16.0 Å². The van der Waals surface area contributed by atoms with Crippen LogP contribution in [0.15, 0.2) is 30.3 Å². The van der Waals surface area contributed by atoms with Crippen molar-refractivity contribution < 1.29 is 9.53 Å². The van der Waals surface area contributed by atoms with Gasteiger partial charge in [-0.25, -0.2) is 4.79 Å². The molecule has 1 aromatic rings. The van der Waals surface area contributed by atoms with Gasteiger partial charge >= 0.3 is 6.09 Å². The van der Waals surface area contributed by atoms with Crippen LogP contribution in [0.25, 0.3) is 0 Å². The van der Waals surface area contributed by atoms with Crippen molar-refractivity contribution in [1.29, 1.82) is 0 Å². The van der Waals surface area contributed by atoms with Gasteiger partial charge in [-0.2, -0.15) is 0 Å². The van der Waals surface area contributed by atoms with E-state index < -0.39 is 6.09 Å². The van der Waals surface area contributed by atoms with Gasteiger partial charge in [-0.15, -0.1) is 0 Å². The summed E-state index contributed by atoms with van der Waals surface area (Å²) in [6.07, 6.45) is -0.413. The molecule has 0 bridgehead atoms. The average molecular weight is 251 g/mol. The number of benzene rings is 1. The number of carbonyl (C=O) groups is 1. The third-order valence-electron chi connectivity index (χ3n) is 2.23. The minimum Gasteiger partial charge on any atom is -0.410 e. The molecule has 3 N–H and O–H groups in total. The van der Waals surface area contributed by atoms with E-state index in [4.69, 9.17) is 4.74 Å². The van der Waals surface area contributed by atoms with Gasteiger partial charge in [-0.05, 0) is 19.1 Å². The highest BCUT2D eigenvalue weighted by Gasteiger charge is 1.99. The van der Waals surface area contributed by atoms with Crippen molar-refractivity contribution >= 4 is 6.09 Å². The van der Waals surface area contributed by atoms with Crippen molar-refractivity contribution in [2.45, 2.75) is 6.92 Å². The molecule has 0 spiro atoms. The monoisotopic (exact) mass is 251 g/mol. The van der Waals surface area contributed by atoms with E-state index in [2.05, 4.69) is 16.0 Å². The Morgan fingerprint density at radius 3 is 2.17 bits per heavy atom. The van der Waals surface area contributed by atoms with Gasteiger partial charge in [0.1, 0.15) is 5.75 Å². The van der Waals surface area contributed by atoms with E-state index >= 15 is 0 Å². The maximum atomic E-state index is 10.9. The Morgan fingerprint density at radius 1 is 1.17 bits per heavy atom. The number of para-hydroxylation sites is 1. The first kappa shape index (κ1) is 14.5. The molecule has 0 unspecified atom stereocenters. The lowest BCUT2D eigenvalue weighted by Gasteiger charge is -2.11. The number of hydrogen-bond acceptors (Lipinski definition) is 4. The van der Waals surface area contributed by atoms with Crippen molar-refractivity contribution in [2.24, 2.45) is 0 Å². The van der Waals surface area contributed by atoms with E-state index in [0.29, 0.717) is 12.3 Å². The predicted molar refractivity (Wildman–Crippen MR) is 71.9 cm³/mol. The van der Waals surface area contributed by atoms with Crippen LogP contribution in [0, 0.1) is 0 Å². The topological polar surface area (TPSA) is 62.4 Å². The Morgan fingerprint density at radius 2 is 1.72 bits per heavy atom. The van der Waals surface area contributed by atoms with E-state index in [1.165, 1.54) is 0 Å². The summed E-state index contributed by atoms with van der Waals surface area (Å²) in [7, 11) is 0. The van der Waals surface area contributed by atoms with Gasteiger partial charge in [-0.3, -0.25) is 0 Å². The molecule has 100 valence electrons. The summed E-state index contributed by atoms with van der Waals surface area (Å²) in [5.74, 6) is 0.559. The van der Waals surface area contributed by atoms with Gasteiger partial charge in [0.15, 0.2) is 0 Å². The van der Waals surface area contributed by atoms with Crippen molar-refractivity contribution in [2.75, 3.05) is 32.7 Å². The van der Waals surface area contributed by atoms with E-state index in [1.807, 2.05) is 25.1 Å². The minimum atomic E-state index is -0.413. The van der Waals surface area contributed by atoms with Crippen LogP contribution in [0.5, 0.6) is 5.75 Å². The van der Waals surface area contributed by atoms with Crippen LogP contribution in [-0.4, -0.2) is 38.8 Å². The maximum absolute atomic E-state index is 10.9. The first-order chi connectivity index (χ1) is 8.83. The zero-order valence-corrected chi connectivity index (χ0v) is 10.7. The smallest absolute Gasteiger partial charge is 0.410 e. The second-order valence-electron chi connectivity index (χ2n) is 3.73. The van der Waals surface area contributed by atoms with Crippen LogP contribution >= 0.6 is 0 Å². The molecule has 1 aliphatic rings. The molecule has 5 heteroatoms. The van der Waals surface area contributed by atoms with Crippen LogP contribution < -0.4 is 20.7 Å². The molecule has 1 saturated heterocycles. The van der Waals surface area contributed by atoms with Gasteiger partial charge in [0.05, 0.1) is 0 Å². The summed E-state index contributed by atoms with van der Waals surface area (Å²) < 4.78 is 4.90. The number of nitrogens with one attached hydrogen (secondary N) is 3. The van der Waals surface area contributed by atoms with Gasteiger partial charge in [0.25, 0.3) is 0 Å². The van der Waals surface area contributed by atoms with Gasteiger partial charge < -0.3 is 20.7 Å². The van der Waals surface area contributed by atoms with Crippen LogP contribution in [0.2, 0.25) is 0 Å². The Bertz CT molecular complexity index is 315. The van der Waals surface area contributed by atoms with Crippen molar-refractivity contribution in [3.63, 3.8) is 0 Å². The molecule has 18 heavy (non-hydrogen) atoms. The van der Waals surface area contributed by atoms with Crippen LogP contribution in [-0.2, 0) is 0 Å². The predicted octanol–water partition coefficient (Wildman–Crippen LogP) is 0.974. The van der Waals surface area contributed by atoms with Crippen LogP contribution in [0.4, 0.5) is 4.79 Å². The lowest BCUT2D eigenvalue weighted by atomic mass is 10.3. The molecule has 2 rings (SSSR count). The normalized spacial score (nSPS) is 14.1. The molecule has 1 heterocycles. The molecule has 1 amide bonds. The SMILES string of the molecule is C1CNCCN1.CCNC(=O)Oc1ccccc1. The number of hydrogen-bond donors (Lipinski definition) is 3. The fourth-order valence-corrected chi connectivity index (χ4v) is 1.38. The maximum Gasteiger partial charge on any atom is 0.412 e. The molecule has 1 fully saturated rings. The van der Waals surface area contributed by atoms with Crippen molar-refractivity contribution in [3.8, 4) is 5.75 Å². The highest BCUT2D eigenvalue weighted by Crippen LogP contribution is 2.07. The van der Waals surface area contributed by atoms with Crippen LogP contribution in [0.3, 0.4) is 0 Å². The van der Waals surface area contributed by atoms with E-state index in [0.717, 1.165) is 26.2 Å². The van der Waals surface area contributed by atoms with Gasteiger partial charge in [0, 0.05) is 32.7 Å². The van der Waals surface area contributed by atoms with E-state index in [1.54, 1.807) is 12.1 Å². The molecular formula is C13H21N3O2. The number of carbonyl (C=O) groups excluding carboxylic acids is 1. The highest BCUT2D eigenvalue weighted by molar-refractivity contribution is 5.70. The Balaban J connectivity index is 0.000000225. The molecule has 0 aromatic heterocycles. The second-order valence-corrected chi connectivity index (χ2v) is 3.73.